The zero-order valence-electron chi connectivity index (χ0n) is 18.7. The molecule has 0 saturated carbocycles. The number of sulfonamides is 1. The number of benzene rings is 3. The highest BCUT2D eigenvalue weighted by Crippen LogP contribution is 2.26. The van der Waals surface area contributed by atoms with Crippen LogP contribution in [-0.2, 0) is 21.2 Å². The average molecular weight is 452 g/mol. The molecule has 0 heterocycles. The van der Waals surface area contributed by atoms with Gasteiger partial charge < -0.3 is 4.74 Å². The van der Waals surface area contributed by atoms with Crippen molar-refractivity contribution in [2.75, 3.05) is 10.9 Å². The highest BCUT2D eigenvalue weighted by molar-refractivity contribution is 7.93. The van der Waals surface area contributed by atoms with E-state index in [0.717, 1.165) is 33.2 Å². The van der Waals surface area contributed by atoms with Gasteiger partial charge in [-0.25, -0.2) is 12.7 Å². The van der Waals surface area contributed by atoms with Crippen molar-refractivity contribution in [1.29, 1.82) is 0 Å². The summed E-state index contributed by atoms with van der Waals surface area (Å²) in [6.45, 7) is 6.30. The molecule has 3 aromatic rings. The minimum Gasteiger partial charge on any atom is -0.493 e. The Kier molecular flexibility index (Phi) is 7.70. The smallest absolute Gasteiger partial charge is 0.270 e. The van der Waals surface area contributed by atoms with Gasteiger partial charge in [0, 0.05) is 6.42 Å². The van der Waals surface area contributed by atoms with Crippen LogP contribution in [0.1, 0.15) is 36.5 Å². The Morgan fingerprint density at radius 1 is 0.938 bits per heavy atom. The Morgan fingerprint density at radius 3 is 2.28 bits per heavy atom. The number of carbonyl (C=O) groups is 1. The first-order valence-electron chi connectivity index (χ1n) is 10.7. The summed E-state index contributed by atoms with van der Waals surface area (Å²) in [6.07, 6.45) is 1.28. The summed E-state index contributed by atoms with van der Waals surface area (Å²) in [6, 6.07) is 21.1. The molecule has 0 fully saturated rings. The predicted molar refractivity (Wildman–Crippen MR) is 128 cm³/mol. The first-order valence-corrected chi connectivity index (χ1v) is 12.2. The molecule has 0 aliphatic rings. The maximum absolute atomic E-state index is 13.3. The van der Waals surface area contributed by atoms with Crippen LogP contribution >= 0.6 is 0 Å². The Labute approximate surface area is 190 Å². The van der Waals surface area contributed by atoms with Gasteiger partial charge in [0.1, 0.15) is 5.75 Å². The molecule has 6 heteroatoms. The summed E-state index contributed by atoms with van der Waals surface area (Å²) in [5, 5.41) is 0. The molecule has 0 aliphatic carbocycles. The van der Waals surface area contributed by atoms with Gasteiger partial charge in [0.2, 0.25) is 5.91 Å². The lowest BCUT2D eigenvalue weighted by Gasteiger charge is -2.23. The molecule has 3 rings (SSSR count). The minimum atomic E-state index is -4.03. The number of anilines is 1. The van der Waals surface area contributed by atoms with Crippen LogP contribution in [0.2, 0.25) is 0 Å². The number of carbonyl (C=O) groups excluding carboxylic acids is 1. The van der Waals surface area contributed by atoms with E-state index in [4.69, 9.17) is 4.74 Å². The number of hydrogen-bond acceptors (Lipinski definition) is 4. The molecule has 0 saturated heterocycles. The van der Waals surface area contributed by atoms with E-state index in [0.29, 0.717) is 18.7 Å². The second-order valence-electron chi connectivity index (χ2n) is 7.72. The number of amides is 1. The first-order chi connectivity index (χ1) is 15.3. The summed E-state index contributed by atoms with van der Waals surface area (Å²) in [4.78, 5) is 13.2. The van der Waals surface area contributed by atoms with Gasteiger partial charge >= 0.3 is 0 Å². The Hall–Kier alpha value is -3.12. The van der Waals surface area contributed by atoms with Crippen LogP contribution in [0.3, 0.4) is 0 Å². The van der Waals surface area contributed by atoms with E-state index in [9.17, 15) is 13.2 Å². The highest BCUT2D eigenvalue weighted by atomic mass is 32.2. The predicted octanol–water partition coefficient (Wildman–Crippen LogP) is 5.45. The highest BCUT2D eigenvalue weighted by Gasteiger charge is 2.30. The molecule has 0 atom stereocenters. The molecule has 168 valence electrons. The van der Waals surface area contributed by atoms with Gasteiger partial charge in [-0.1, -0.05) is 49.4 Å². The van der Waals surface area contributed by atoms with Crippen LogP contribution in [0.4, 0.5) is 5.69 Å². The van der Waals surface area contributed by atoms with Crippen molar-refractivity contribution in [1.82, 2.24) is 0 Å². The lowest BCUT2D eigenvalue weighted by Crippen LogP contribution is -2.37. The summed E-state index contributed by atoms with van der Waals surface area (Å²) in [5.74, 6) is 0.295. The summed E-state index contributed by atoms with van der Waals surface area (Å²) in [5.41, 5.74) is 3.52. The molecule has 0 unspecified atom stereocenters. The third kappa shape index (κ3) is 5.56. The summed E-state index contributed by atoms with van der Waals surface area (Å²) >= 11 is 0. The van der Waals surface area contributed by atoms with Crippen LogP contribution in [0.25, 0.3) is 0 Å². The van der Waals surface area contributed by atoms with E-state index in [1.54, 1.807) is 30.3 Å². The molecule has 0 aliphatic heterocycles. The van der Waals surface area contributed by atoms with E-state index < -0.39 is 15.9 Å². The second kappa shape index (κ2) is 10.5. The molecule has 3 aromatic carbocycles. The molecule has 32 heavy (non-hydrogen) atoms. The molecule has 0 aromatic heterocycles. The van der Waals surface area contributed by atoms with E-state index in [-0.39, 0.29) is 11.3 Å². The van der Waals surface area contributed by atoms with Crippen molar-refractivity contribution in [3.05, 3.63) is 89.5 Å². The lowest BCUT2D eigenvalue weighted by molar-refractivity contribution is -0.117. The Bertz CT molecular complexity index is 1160. The first kappa shape index (κ1) is 23.5. The SMILES string of the molecule is CCc1ccc(N(C(=O)CCCOc2cc(C)ccc2C)S(=O)(=O)c2ccccc2)cc1. The minimum absolute atomic E-state index is 0.0481. The van der Waals surface area contributed by atoms with Crippen LogP contribution < -0.4 is 9.04 Å². The van der Waals surface area contributed by atoms with Crippen molar-refractivity contribution in [2.24, 2.45) is 0 Å². The van der Waals surface area contributed by atoms with Crippen molar-refractivity contribution in [2.45, 2.75) is 44.9 Å². The van der Waals surface area contributed by atoms with Crippen molar-refractivity contribution >= 4 is 21.6 Å². The average Bonchev–Trinajstić information content (AvgIpc) is 2.80. The Morgan fingerprint density at radius 2 is 1.62 bits per heavy atom. The monoisotopic (exact) mass is 451 g/mol. The van der Waals surface area contributed by atoms with Gasteiger partial charge in [-0.05, 0) is 73.7 Å². The quantitative estimate of drug-likeness (QED) is 0.406. The normalized spacial score (nSPS) is 11.2. The van der Waals surface area contributed by atoms with Gasteiger partial charge in [0.25, 0.3) is 10.0 Å². The largest absolute Gasteiger partial charge is 0.493 e. The lowest BCUT2D eigenvalue weighted by atomic mass is 10.1. The number of ether oxygens (including phenoxy) is 1. The van der Waals surface area contributed by atoms with E-state index >= 15 is 0 Å². The molecule has 0 N–H and O–H groups in total. The van der Waals surface area contributed by atoms with E-state index in [2.05, 4.69) is 0 Å². The number of rotatable bonds is 9. The fourth-order valence-corrected chi connectivity index (χ4v) is 4.82. The topological polar surface area (TPSA) is 63.7 Å². The Balaban J connectivity index is 1.78. The maximum atomic E-state index is 13.3. The molecule has 5 nitrogen and oxygen atoms in total. The van der Waals surface area contributed by atoms with Crippen LogP contribution in [0, 0.1) is 13.8 Å². The van der Waals surface area contributed by atoms with Crippen LogP contribution in [0.15, 0.2) is 77.7 Å². The van der Waals surface area contributed by atoms with Gasteiger partial charge in [-0.2, -0.15) is 0 Å². The molecular weight excluding hydrogens is 422 g/mol. The van der Waals surface area contributed by atoms with Crippen molar-refractivity contribution < 1.29 is 17.9 Å². The third-order valence-electron chi connectivity index (χ3n) is 5.22. The van der Waals surface area contributed by atoms with Crippen LogP contribution in [-0.4, -0.2) is 20.9 Å². The van der Waals surface area contributed by atoms with Crippen molar-refractivity contribution in [3.8, 4) is 5.75 Å². The zero-order chi connectivity index (χ0) is 23.1. The van der Waals surface area contributed by atoms with Crippen LogP contribution in [0.5, 0.6) is 5.75 Å². The number of aryl methyl sites for hydroxylation is 3. The second-order valence-corrected chi connectivity index (χ2v) is 9.50. The van der Waals surface area contributed by atoms with Gasteiger partial charge in [0.15, 0.2) is 0 Å². The zero-order valence-corrected chi connectivity index (χ0v) is 19.6. The maximum Gasteiger partial charge on any atom is 0.270 e. The fourth-order valence-electron chi connectivity index (χ4n) is 3.35. The van der Waals surface area contributed by atoms with E-state index in [1.165, 1.54) is 12.1 Å². The van der Waals surface area contributed by atoms with Gasteiger partial charge in [-0.3, -0.25) is 4.79 Å². The number of hydrogen-bond donors (Lipinski definition) is 0. The molecule has 1 amide bonds. The molecule has 0 bridgehead atoms. The van der Waals surface area contributed by atoms with Gasteiger partial charge in [0.05, 0.1) is 17.2 Å². The van der Waals surface area contributed by atoms with Gasteiger partial charge in [-0.15, -0.1) is 0 Å². The molecular formula is C26H29NO4S. The summed E-state index contributed by atoms with van der Waals surface area (Å²) < 4.78 is 33.4. The molecule has 0 spiro atoms. The standard InChI is InChI=1S/C26H29NO4S/c1-4-22-14-16-23(17-15-22)27(32(29,30)24-9-6-5-7-10-24)26(28)11-8-18-31-25-19-20(2)12-13-21(25)3/h5-7,9-10,12-17,19H,4,8,11,18H2,1-3H3. The van der Waals surface area contributed by atoms with Crippen molar-refractivity contribution in [3.63, 3.8) is 0 Å². The third-order valence-corrected chi connectivity index (χ3v) is 6.99. The fraction of sp³-hybridized carbons (Fsp3) is 0.269. The summed E-state index contributed by atoms with van der Waals surface area (Å²) in [7, 11) is -4.03. The molecule has 0 radical (unpaired) electrons. The van der Waals surface area contributed by atoms with E-state index in [1.807, 2.05) is 51.1 Å². The number of nitrogens with zero attached hydrogens (tertiary/aromatic N) is 1.